The number of hydrogen-bond acceptors (Lipinski definition) is 4. The summed E-state index contributed by atoms with van der Waals surface area (Å²) in [6, 6.07) is 12.2. The molecule has 1 atom stereocenters. The van der Waals surface area contributed by atoms with Gasteiger partial charge in [0, 0.05) is 6.07 Å². The first-order valence-electron chi connectivity index (χ1n) is 7.53. The van der Waals surface area contributed by atoms with Crippen LogP contribution in [0.1, 0.15) is 13.3 Å². The van der Waals surface area contributed by atoms with Crippen LogP contribution in [0.25, 0.3) is 0 Å². The van der Waals surface area contributed by atoms with Crippen molar-refractivity contribution in [3.63, 3.8) is 0 Å². The Labute approximate surface area is 146 Å². The van der Waals surface area contributed by atoms with Crippen LogP contribution < -0.4 is 19.5 Å². The third-order valence-corrected chi connectivity index (χ3v) is 3.75. The van der Waals surface area contributed by atoms with Crippen molar-refractivity contribution in [2.75, 3.05) is 19.5 Å². The van der Waals surface area contributed by atoms with Gasteiger partial charge in [-0.25, -0.2) is 0 Å². The van der Waals surface area contributed by atoms with Crippen LogP contribution in [0, 0.1) is 0 Å². The largest absolute Gasteiger partial charge is 0.497 e. The van der Waals surface area contributed by atoms with Gasteiger partial charge in [-0.1, -0.05) is 30.7 Å². The SMILES string of the molecule is CCC(Oc1ccccc1Cl)C(=O)Nc1cc(OC)ccc1OC. The molecule has 24 heavy (non-hydrogen) atoms. The van der Waals surface area contributed by atoms with Gasteiger partial charge in [0.15, 0.2) is 6.10 Å². The molecule has 1 amide bonds. The molecule has 0 saturated carbocycles. The maximum absolute atomic E-state index is 12.6. The van der Waals surface area contributed by atoms with Crippen molar-refractivity contribution >= 4 is 23.2 Å². The number of halogens is 1. The third-order valence-electron chi connectivity index (χ3n) is 3.43. The van der Waals surface area contributed by atoms with Crippen LogP contribution in [-0.2, 0) is 4.79 Å². The zero-order valence-electron chi connectivity index (χ0n) is 13.8. The molecule has 2 rings (SSSR count). The standard InChI is InChI=1S/C18H20ClNO4/c1-4-15(24-16-8-6-5-7-13(16)19)18(21)20-14-11-12(22-2)9-10-17(14)23-3/h5-11,15H,4H2,1-3H3,(H,20,21). The lowest BCUT2D eigenvalue weighted by molar-refractivity contribution is -0.122. The van der Waals surface area contributed by atoms with Crippen molar-refractivity contribution in [2.45, 2.75) is 19.4 Å². The van der Waals surface area contributed by atoms with Crippen molar-refractivity contribution < 1.29 is 19.0 Å². The molecule has 0 radical (unpaired) electrons. The van der Waals surface area contributed by atoms with Gasteiger partial charge in [0.2, 0.25) is 0 Å². The lowest BCUT2D eigenvalue weighted by Gasteiger charge is -2.19. The lowest BCUT2D eigenvalue weighted by atomic mass is 10.2. The van der Waals surface area contributed by atoms with Crippen LogP contribution in [0.3, 0.4) is 0 Å². The highest BCUT2D eigenvalue weighted by atomic mass is 35.5. The van der Waals surface area contributed by atoms with E-state index in [0.717, 1.165) is 0 Å². The number of amides is 1. The number of methoxy groups -OCH3 is 2. The first-order chi connectivity index (χ1) is 11.6. The van der Waals surface area contributed by atoms with E-state index in [0.29, 0.717) is 34.4 Å². The van der Waals surface area contributed by atoms with Crippen LogP contribution in [0.2, 0.25) is 5.02 Å². The molecular weight excluding hydrogens is 330 g/mol. The number of carbonyl (C=O) groups is 1. The number of para-hydroxylation sites is 1. The van der Waals surface area contributed by atoms with E-state index in [4.69, 9.17) is 25.8 Å². The summed E-state index contributed by atoms with van der Waals surface area (Å²) in [6.45, 7) is 1.86. The molecule has 0 aliphatic heterocycles. The van der Waals surface area contributed by atoms with Crippen LogP contribution in [0.5, 0.6) is 17.2 Å². The number of carbonyl (C=O) groups excluding carboxylic acids is 1. The summed E-state index contributed by atoms with van der Waals surface area (Å²) < 4.78 is 16.2. The molecule has 0 saturated heterocycles. The van der Waals surface area contributed by atoms with Crippen molar-refractivity contribution in [3.8, 4) is 17.2 Å². The minimum absolute atomic E-state index is 0.288. The topological polar surface area (TPSA) is 56.8 Å². The van der Waals surface area contributed by atoms with Crippen molar-refractivity contribution in [2.24, 2.45) is 0 Å². The molecule has 0 aliphatic carbocycles. The van der Waals surface area contributed by atoms with E-state index in [-0.39, 0.29) is 5.91 Å². The number of benzene rings is 2. The molecule has 0 aliphatic rings. The molecule has 0 spiro atoms. The minimum atomic E-state index is -0.680. The maximum atomic E-state index is 12.6. The molecule has 6 heteroatoms. The highest BCUT2D eigenvalue weighted by Crippen LogP contribution is 2.30. The third kappa shape index (κ3) is 4.32. The van der Waals surface area contributed by atoms with Gasteiger partial charge in [0.25, 0.3) is 5.91 Å². The van der Waals surface area contributed by atoms with Crippen molar-refractivity contribution in [1.82, 2.24) is 0 Å². The minimum Gasteiger partial charge on any atom is -0.497 e. The fraction of sp³-hybridized carbons (Fsp3) is 0.278. The van der Waals surface area contributed by atoms with E-state index >= 15 is 0 Å². The summed E-state index contributed by atoms with van der Waals surface area (Å²) in [5.41, 5.74) is 0.517. The van der Waals surface area contributed by atoms with E-state index in [1.807, 2.05) is 6.92 Å². The number of anilines is 1. The number of hydrogen-bond donors (Lipinski definition) is 1. The Morgan fingerprint density at radius 1 is 1.12 bits per heavy atom. The zero-order valence-corrected chi connectivity index (χ0v) is 14.6. The Morgan fingerprint density at radius 3 is 2.50 bits per heavy atom. The Morgan fingerprint density at radius 2 is 1.88 bits per heavy atom. The Bertz CT molecular complexity index is 705. The van der Waals surface area contributed by atoms with Crippen LogP contribution in [-0.4, -0.2) is 26.2 Å². The van der Waals surface area contributed by atoms with Crippen LogP contribution in [0.4, 0.5) is 5.69 Å². The second-order valence-corrected chi connectivity index (χ2v) is 5.41. The fourth-order valence-corrected chi connectivity index (χ4v) is 2.32. The second kappa shape index (κ2) is 8.45. The molecule has 0 fully saturated rings. The molecule has 0 bridgehead atoms. The molecule has 128 valence electrons. The summed E-state index contributed by atoms with van der Waals surface area (Å²) in [7, 11) is 3.10. The molecule has 1 N–H and O–H groups in total. The van der Waals surface area contributed by atoms with E-state index in [1.165, 1.54) is 7.11 Å². The highest BCUT2D eigenvalue weighted by Gasteiger charge is 2.21. The van der Waals surface area contributed by atoms with E-state index in [1.54, 1.807) is 49.6 Å². The van der Waals surface area contributed by atoms with Crippen molar-refractivity contribution in [3.05, 3.63) is 47.5 Å². The quantitative estimate of drug-likeness (QED) is 0.815. The van der Waals surface area contributed by atoms with Gasteiger partial charge < -0.3 is 19.5 Å². The number of rotatable bonds is 7. The number of ether oxygens (including phenoxy) is 3. The summed E-state index contributed by atoms with van der Waals surface area (Å²) in [5, 5.41) is 3.28. The molecule has 2 aromatic carbocycles. The molecule has 2 aromatic rings. The van der Waals surface area contributed by atoms with Crippen LogP contribution in [0.15, 0.2) is 42.5 Å². The summed E-state index contributed by atoms with van der Waals surface area (Å²) in [6.07, 6.45) is -0.190. The normalized spacial score (nSPS) is 11.5. The summed E-state index contributed by atoms with van der Waals surface area (Å²) in [4.78, 5) is 12.6. The van der Waals surface area contributed by atoms with E-state index in [9.17, 15) is 4.79 Å². The maximum Gasteiger partial charge on any atom is 0.265 e. The van der Waals surface area contributed by atoms with Gasteiger partial charge in [-0.3, -0.25) is 4.79 Å². The second-order valence-electron chi connectivity index (χ2n) is 5.00. The van der Waals surface area contributed by atoms with Gasteiger partial charge in [0.1, 0.15) is 17.2 Å². The molecule has 5 nitrogen and oxygen atoms in total. The lowest BCUT2D eigenvalue weighted by Crippen LogP contribution is -2.32. The van der Waals surface area contributed by atoms with Gasteiger partial charge in [0.05, 0.1) is 24.9 Å². The average Bonchev–Trinajstić information content (AvgIpc) is 2.60. The van der Waals surface area contributed by atoms with Crippen LogP contribution >= 0.6 is 11.6 Å². The number of nitrogens with one attached hydrogen (secondary N) is 1. The summed E-state index contributed by atoms with van der Waals surface area (Å²) >= 11 is 6.08. The zero-order chi connectivity index (χ0) is 17.5. The fourth-order valence-electron chi connectivity index (χ4n) is 2.14. The monoisotopic (exact) mass is 349 g/mol. The van der Waals surface area contributed by atoms with Crippen molar-refractivity contribution in [1.29, 1.82) is 0 Å². The Hall–Kier alpha value is -2.40. The molecule has 1 unspecified atom stereocenters. The molecule has 0 heterocycles. The predicted octanol–water partition coefficient (Wildman–Crippen LogP) is 4.15. The van der Waals surface area contributed by atoms with E-state index < -0.39 is 6.10 Å². The molecular formula is C18H20ClNO4. The van der Waals surface area contributed by atoms with Gasteiger partial charge in [-0.05, 0) is 30.7 Å². The van der Waals surface area contributed by atoms with E-state index in [2.05, 4.69) is 5.32 Å². The Balaban J connectivity index is 2.16. The smallest absolute Gasteiger partial charge is 0.265 e. The Kier molecular flexibility index (Phi) is 6.32. The predicted molar refractivity (Wildman–Crippen MR) is 94.3 cm³/mol. The van der Waals surface area contributed by atoms with Gasteiger partial charge in [-0.2, -0.15) is 0 Å². The first kappa shape index (κ1) is 17.9. The first-order valence-corrected chi connectivity index (χ1v) is 7.91. The van der Waals surface area contributed by atoms with Gasteiger partial charge in [-0.15, -0.1) is 0 Å². The highest BCUT2D eigenvalue weighted by molar-refractivity contribution is 6.32. The molecule has 0 aromatic heterocycles. The van der Waals surface area contributed by atoms with Gasteiger partial charge >= 0.3 is 0 Å². The average molecular weight is 350 g/mol. The summed E-state index contributed by atoms with van der Waals surface area (Å²) in [5.74, 6) is 1.34.